The largest absolute Gasteiger partial charge is 0.785 e. The van der Waals surface area contributed by atoms with E-state index in [-0.39, 0.29) is 0 Å². The Morgan fingerprint density at radius 1 is 1.30 bits per heavy atom. The number of piperidine rings is 1. The summed E-state index contributed by atoms with van der Waals surface area (Å²) in [4.78, 5) is 2.20. The van der Waals surface area contributed by atoms with Gasteiger partial charge in [0.1, 0.15) is 0 Å². The molecule has 0 N–H and O–H groups in total. The molecule has 0 saturated carbocycles. The van der Waals surface area contributed by atoms with Crippen LogP contribution in [0.1, 0.15) is 12.8 Å². The van der Waals surface area contributed by atoms with Gasteiger partial charge in [0.2, 0.25) is 0 Å². The minimum atomic E-state index is 0.630. The summed E-state index contributed by atoms with van der Waals surface area (Å²) in [6.07, 6.45) is 2.05. The Balaban J connectivity index is 2.26. The van der Waals surface area contributed by atoms with E-state index in [0.29, 0.717) is 19.1 Å². The normalized spacial score (nSPS) is 24.0. The van der Waals surface area contributed by atoms with Gasteiger partial charge >= 0.3 is 0 Å². The van der Waals surface area contributed by atoms with Crippen molar-refractivity contribution in [2.24, 2.45) is 0 Å². The zero-order chi connectivity index (χ0) is 7.56. The molecule has 0 spiro atoms. The van der Waals surface area contributed by atoms with Gasteiger partial charge in [-0.25, -0.2) is 0 Å². The summed E-state index contributed by atoms with van der Waals surface area (Å²) >= 11 is 0. The Kier molecular flexibility index (Phi) is 2.65. The molecule has 1 saturated heterocycles. The minimum Gasteiger partial charge on any atom is -0.785 e. The summed E-state index contributed by atoms with van der Waals surface area (Å²) in [5.41, 5.74) is 0. The molecule has 0 amide bonds. The van der Waals surface area contributed by atoms with Crippen molar-refractivity contribution in [3.05, 3.63) is 5.21 Å². The minimum absolute atomic E-state index is 0.630. The summed E-state index contributed by atoms with van der Waals surface area (Å²) < 4.78 is 0. The van der Waals surface area contributed by atoms with Crippen LogP contribution in [0.2, 0.25) is 0 Å². The molecule has 3 nitrogen and oxygen atoms in total. The van der Waals surface area contributed by atoms with Crippen LogP contribution in [0.15, 0.2) is 0 Å². The SMILES string of the molecule is CN(C)C1CCN([O-])CC1. The summed E-state index contributed by atoms with van der Waals surface area (Å²) in [6, 6.07) is 0.630. The maximum Gasteiger partial charge on any atom is 0.0113 e. The van der Waals surface area contributed by atoms with Crippen LogP contribution < -0.4 is 0 Å². The summed E-state index contributed by atoms with van der Waals surface area (Å²) in [5.74, 6) is 0. The van der Waals surface area contributed by atoms with Crippen molar-refractivity contribution >= 4 is 0 Å². The second-order valence-electron chi connectivity index (χ2n) is 3.12. The zero-order valence-corrected chi connectivity index (χ0v) is 6.71. The third kappa shape index (κ3) is 1.94. The Morgan fingerprint density at radius 3 is 2.20 bits per heavy atom. The molecule has 0 aromatic carbocycles. The number of hydrogen-bond donors (Lipinski definition) is 0. The smallest absolute Gasteiger partial charge is 0.0113 e. The fourth-order valence-electron chi connectivity index (χ4n) is 1.36. The lowest BCUT2D eigenvalue weighted by molar-refractivity contribution is 0.180. The molecule has 0 aromatic rings. The highest BCUT2D eigenvalue weighted by Crippen LogP contribution is 2.12. The molecule has 10 heavy (non-hydrogen) atoms. The third-order valence-electron chi connectivity index (χ3n) is 2.15. The Hall–Kier alpha value is -0.120. The van der Waals surface area contributed by atoms with Gasteiger partial charge in [0.05, 0.1) is 0 Å². The first kappa shape index (κ1) is 7.98. The van der Waals surface area contributed by atoms with E-state index in [1.807, 2.05) is 0 Å². The van der Waals surface area contributed by atoms with Crippen molar-refractivity contribution in [3.8, 4) is 0 Å². The van der Waals surface area contributed by atoms with Crippen molar-refractivity contribution < 1.29 is 0 Å². The van der Waals surface area contributed by atoms with Crippen LogP contribution in [0, 0.1) is 5.21 Å². The molecule has 0 unspecified atom stereocenters. The molecule has 1 aliphatic rings. The molecule has 1 fully saturated rings. The van der Waals surface area contributed by atoms with Crippen molar-refractivity contribution in [1.29, 1.82) is 0 Å². The van der Waals surface area contributed by atoms with Crippen LogP contribution in [0.25, 0.3) is 0 Å². The lowest BCUT2D eigenvalue weighted by Gasteiger charge is -2.38. The van der Waals surface area contributed by atoms with Crippen LogP contribution in [0.3, 0.4) is 0 Å². The molecule has 60 valence electrons. The quantitative estimate of drug-likeness (QED) is 0.535. The number of nitrogens with zero attached hydrogens (tertiary/aromatic N) is 2. The van der Waals surface area contributed by atoms with Gasteiger partial charge in [0.25, 0.3) is 0 Å². The Morgan fingerprint density at radius 2 is 1.80 bits per heavy atom. The predicted octanol–water partition coefficient (Wildman–Crippen LogP) is 0.510. The number of hydrogen-bond acceptors (Lipinski definition) is 3. The van der Waals surface area contributed by atoms with Crippen LogP contribution in [0.4, 0.5) is 0 Å². The van der Waals surface area contributed by atoms with Crippen molar-refractivity contribution in [1.82, 2.24) is 9.96 Å². The molecule has 0 aliphatic carbocycles. The maximum absolute atomic E-state index is 10.7. The summed E-state index contributed by atoms with van der Waals surface area (Å²) in [6.45, 7) is 1.42. The highest BCUT2D eigenvalue weighted by Gasteiger charge is 2.15. The zero-order valence-electron chi connectivity index (χ0n) is 6.71. The van der Waals surface area contributed by atoms with Crippen LogP contribution in [0.5, 0.6) is 0 Å². The number of hydroxylamine groups is 2. The van der Waals surface area contributed by atoms with E-state index < -0.39 is 0 Å². The van der Waals surface area contributed by atoms with E-state index >= 15 is 0 Å². The van der Waals surface area contributed by atoms with Gasteiger partial charge in [-0.15, -0.1) is 0 Å². The van der Waals surface area contributed by atoms with Gasteiger partial charge in [-0.1, -0.05) is 0 Å². The van der Waals surface area contributed by atoms with Crippen LogP contribution in [-0.2, 0) is 0 Å². The standard InChI is InChI=1S/C7H15N2O/c1-8(2)7-3-5-9(10)6-4-7/h7H,3-6H2,1-2H3/q-1. The second kappa shape index (κ2) is 3.32. The van der Waals surface area contributed by atoms with E-state index in [0.717, 1.165) is 17.9 Å². The van der Waals surface area contributed by atoms with E-state index in [4.69, 9.17) is 0 Å². The van der Waals surface area contributed by atoms with Gasteiger partial charge in [-0.05, 0) is 40.0 Å². The first-order valence-corrected chi connectivity index (χ1v) is 3.78. The van der Waals surface area contributed by atoms with E-state index in [9.17, 15) is 5.21 Å². The average molecular weight is 143 g/mol. The van der Waals surface area contributed by atoms with Gasteiger partial charge in [0.15, 0.2) is 0 Å². The monoisotopic (exact) mass is 143 g/mol. The van der Waals surface area contributed by atoms with Gasteiger partial charge < -0.3 is 15.2 Å². The molecule has 1 rings (SSSR count). The Labute approximate surface area is 62.2 Å². The van der Waals surface area contributed by atoms with Gasteiger partial charge in [-0.2, -0.15) is 0 Å². The summed E-state index contributed by atoms with van der Waals surface area (Å²) in [5, 5.41) is 11.9. The highest BCUT2D eigenvalue weighted by molar-refractivity contribution is 4.76. The first-order chi connectivity index (χ1) is 4.70. The van der Waals surface area contributed by atoms with E-state index in [1.54, 1.807) is 0 Å². The average Bonchev–Trinajstić information content (AvgIpc) is 1.88. The topological polar surface area (TPSA) is 29.5 Å². The Bertz CT molecular complexity index is 97.8. The molecule has 0 atom stereocenters. The van der Waals surface area contributed by atoms with Crippen molar-refractivity contribution in [2.75, 3.05) is 27.2 Å². The van der Waals surface area contributed by atoms with Crippen molar-refractivity contribution in [2.45, 2.75) is 18.9 Å². The molecular weight excluding hydrogens is 128 g/mol. The van der Waals surface area contributed by atoms with Crippen LogP contribution in [-0.4, -0.2) is 43.2 Å². The first-order valence-electron chi connectivity index (χ1n) is 3.78. The molecule has 0 bridgehead atoms. The van der Waals surface area contributed by atoms with Crippen molar-refractivity contribution in [3.63, 3.8) is 0 Å². The van der Waals surface area contributed by atoms with Gasteiger partial charge in [-0.3, -0.25) is 0 Å². The molecule has 1 aliphatic heterocycles. The third-order valence-corrected chi connectivity index (χ3v) is 2.15. The number of rotatable bonds is 1. The lowest BCUT2D eigenvalue weighted by Crippen LogP contribution is -2.39. The highest BCUT2D eigenvalue weighted by atomic mass is 16.5. The lowest BCUT2D eigenvalue weighted by atomic mass is 10.1. The maximum atomic E-state index is 10.7. The van der Waals surface area contributed by atoms with Gasteiger partial charge in [0, 0.05) is 6.04 Å². The van der Waals surface area contributed by atoms with E-state index in [1.165, 1.54) is 0 Å². The molecule has 0 radical (unpaired) electrons. The summed E-state index contributed by atoms with van der Waals surface area (Å²) in [7, 11) is 4.15. The fraction of sp³-hybridized carbons (Fsp3) is 1.00. The van der Waals surface area contributed by atoms with Crippen LogP contribution >= 0.6 is 0 Å². The fourth-order valence-corrected chi connectivity index (χ4v) is 1.36. The predicted molar refractivity (Wildman–Crippen MR) is 41.6 cm³/mol. The molecule has 1 heterocycles. The molecule has 3 heteroatoms. The second-order valence-corrected chi connectivity index (χ2v) is 3.12. The molecule has 0 aromatic heterocycles. The van der Waals surface area contributed by atoms with E-state index in [2.05, 4.69) is 19.0 Å². The molecular formula is C7H15N2O-.